The second-order valence-corrected chi connectivity index (χ2v) is 5.96. The SMILES string of the molecule is C[C@H](c1ccccc1)N(C)CC(=O)Nc1c(Cl)cccc1Cl. The van der Waals surface area contributed by atoms with Crippen molar-refractivity contribution in [3.63, 3.8) is 0 Å². The van der Waals surface area contributed by atoms with Crippen LogP contribution in [0.25, 0.3) is 0 Å². The summed E-state index contributed by atoms with van der Waals surface area (Å²) in [5.41, 5.74) is 1.62. The number of benzene rings is 2. The van der Waals surface area contributed by atoms with Gasteiger partial charge < -0.3 is 5.32 Å². The number of carbonyl (C=O) groups excluding carboxylic acids is 1. The van der Waals surface area contributed by atoms with E-state index >= 15 is 0 Å². The van der Waals surface area contributed by atoms with E-state index in [1.54, 1.807) is 18.2 Å². The summed E-state index contributed by atoms with van der Waals surface area (Å²) >= 11 is 12.1. The average Bonchev–Trinajstić information content (AvgIpc) is 2.51. The lowest BCUT2D eigenvalue weighted by Gasteiger charge is -2.24. The molecular formula is C17H18Cl2N2O. The summed E-state index contributed by atoms with van der Waals surface area (Å²) in [5.74, 6) is -0.153. The molecular weight excluding hydrogens is 319 g/mol. The smallest absolute Gasteiger partial charge is 0.238 e. The van der Waals surface area contributed by atoms with Crippen LogP contribution in [0.3, 0.4) is 0 Å². The Balaban J connectivity index is 2.00. The normalized spacial score (nSPS) is 12.2. The van der Waals surface area contributed by atoms with Crippen molar-refractivity contribution >= 4 is 34.8 Å². The fourth-order valence-corrected chi connectivity index (χ4v) is 2.64. The van der Waals surface area contributed by atoms with Crippen molar-refractivity contribution in [2.24, 2.45) is 0 Å². The fraction of sp³-hybridized carbons (Fsp3) is 0.235. The maximum atomic E-state index is 12.2. The van der Waals surface area contributed by atoms with Crippen molar-refractivity contribution < 1.29 is 4.79 Å². The van der Waals surface area contributed by atoms with Crippen molar-refractivity contribution in [2.75, 3.05) is 18.9 Å². The Morgan fingerprint density at radius 1 is 1.09 bits per heavy atom. The van der Waals surface area contributed by atoms with Gasteiger partial charge in [0, 0.05) is 6.04 Å². The van der Waals surface area contributed by atoms with Crippen LogP contribution in [0.4, 0.5) is 5.69 Å². The molecule has 22 heavy (non-hydrogen) atoms. The molecule has 1 amide bonds. The molecule has 2 aromatic rings. The molecule has 3 nitrogen and oxygen atoms in total. The summed E-state index contributed by atoms with van der Waals surface area (Å²) in [4.78, 5) is 14.2. The van der Waals surface area contributed by atoms with E-state index in [-0.39, 0.29) is 18.5 Å². The van der Waals surface area contributed by atoms with Crippen molar-refractivity contribution in [3.05, 3.63) is 64.1 Å². The molecule has 0 aromatic heterocycles. The van der Waals surface area contributed by atoms with Crippen molar-refractivity contribution in [1.82, 2.24) is 4.90 Å². The summed E-state index contributed by atoms with van der Waals surface area (Å²) in [6.07, 6.45) is 0. The molecule has 0 spiro atoms. The zero-order valence-electron chi connectivity index (χ0n) is 12.5. The Hall–Kier alpha value is -1.55. The number of likely N-dealkylation sites (N-methyl/N-ethyl adjacent to an activating group) is 1. The summed E-state index contributed by atoms with van der Waals surface area (Å²) in [7, 11) is 1.91. The van der Waals surface area contributed by atoms with Crippen LogP contribution >= 0.6 is 23.2 Å². The Morgan fingerprint density at radius 2 is 1.68 bits per heavy atom. The lowest BCUT2D eigenvalue weighted by Crippen LogP contribution is -2.32. The predicted molar refractivity (Wildman–Crippen MR) is 92.6 cm³/mol. The highest BCUT2D eigenvalue weighted by Crippen LogP contribution is 2.29. The Morgan fingerprint density at radius 3 is 2.27 bits per heavy atom. The number of halogens is 2. The summed E-state index contributed by atoms with van der Waals surface area (Å²) in [6, 6.07) is 15.3. The molecule has 0 saturated heterocycles. The zero-order valence-corrected chi connectivity index (χ0v) is 14.0. The monoisotopic (exact) mass is 336 g/mol. The number of rotatable bonds is 5. The third-order valence-electron chi connectivity index (χ3n) is 3.56. The Labute approximate surface area is 140 Å². The van der Waals surface area contributed by atoms with Crippen LogP contribution in [0, 0.1) is 0 Å². The highest BCUT2D eigenvalue weighted by atomic mass is 35.5. The number of amides is 1. The molecule has 0 aliphatic rings. The molecule has 5 heteroatoms. The van der Waals surface area contributed by atoms with Crippen LogP contribution in [0.5, 0.6) is 0 Å². The molecule has 0 unspecified atom stereocenters. The van der Waals surface area contributed by atoms with Crippen LogP contribution in [-0.2, 0) is 4.79 Å². The number of hydrogen-bond donors (Lipinski definition) is 1. The molecule has 0 bridgehead atoms. The maximum absolute atomic E-state index is 12.2. The van der Waals surface area contributed by atoms with E-state index < -0.39 is 0 Å². The minimum Gasteiger partial charge on any atom is -0.322 e. The number of nitrogens with zero attached hydrogens (tertiary/aromatic N) is 1. The van der Waals surface area contributed by atoms with Crippen LogP contribution in [0.15, 0.2) is 48.5 Å². The Kier molecular flexibility index (Phi) is 5.83. The van der Waals surface area contributed by atoms with E-state index in [1.165, 1.54) is 0 Å². The third kappa shape index (κ3) is 4.23. The van der Waals surface area contributed by atoms with Gasteiger partial charge in [0.2, 0.25) is 5.91 Å². The molecule has 116 valence electrons. The number of nitrogens with one attached hydrogen (secondary N) is 1. The highest BCUT2D eigenvalue weighted by Gasteiger charge is 2.16. The molecule has 1 atom stereocenters. The van der Waals surface area contributed by atoms with Crippen molar-refractivity contribution in [1.29, 1.82) is 0 Å². The molecule has 1 N–H and O–H groups in total. The van der Waals surface area contributed by atoms with Gasteiger partial charge in [0.25, 0.3) is 0 Å². The number of hydrogen-bond acceptors (Lipinski definition) is 2. The van der Waals surface area contributed by atoms with Crippen LogP contribution in [0.2, 0.25) is 10.0 Å². The first-order valence-electron chi connectivity index (χ1n) is 6.98. The van der Waals surface area contributed by atoms with E-state index in [2.05, 4.69) is 12.2 Å². The van der Waals surface area contributed by atoms with Gasteiger partial charge >= 0.3 is 0 Å². The van der Waals surface area contributed by atoms with E-state index in [4.69, 9.17) is 23.2 Å². The van der Waals surface area contributed by atoms with Gasteiger partial charge in [0.05, 0.1) is 22.3 Å². The zero-order chi connectivity index (χ0) is 16.1. The van der Waals surface area contributed by atoms with Crippen LogP contribution in [-0.4, -0.2) is 24.4 Å². The number of carbonyl (C=O) groups is 1. The van der Waals surface area contributed by atoms with Crippen LogP contribution < -0.4 is 5.32 Å². The molecule has 0 radical (unpaired) electrons. The van der Waals surface area contributed by atoms with Gasteiger partial charge in [-0.15, -0.1) is 0 Å². The van der Waals surface area contributed by atoms with Crippen molar-refractivity contribution in [2.45, 2.75) is 13.0 Å². The third-order valence-corrected chi connectivity index (χ3v) is 4.19. The van der Waals surface area contributed by atoms with Gasteiger partial charge in [-0.1, -0.05) is 59.6 Å². The molecule has 0 aliphatic heterocycles. The van der Waals surface area contributed by atoms with Crippen LogP contribution in [0.1, 0.15) is 18.5 Å². The lowest BCUT2D eigenvalue weighted by molar-refractivity contribution is -0.117. The molecule has 0 fully saturated rings. The fourth-order valence-electron chi connectivity index (χ4n) is 2.15. The van der Waals surface area contributed by atoms with Gasteiger partial charge in [-0.25, -0.2) is 0 Å². The van der Waals surface area contributed by atoms with Gasteiger partial charge in [0.1, 0.15) is 0 Å². The first-order chi connectivity index (χ1) is 10.5. The minimum atomic E-state index is -0.153. The second kappa shape index (κ2) is 7.63. The van der Waals surface area contributed by atoms with Gasteiger partial charge in [-0.3, -0.25) is 9.69 Å². The quantitative estimate of drug-likeness (QED) is 0.863. The Bertz CT molecular complexity index is 626. The minimum absolute atomic E-state index is 0.133. The van der Waals surface area contributed by atoms with E-state index in [1.807, 2.05) is 42.3 Å². The molecule has 0 heterocycles. The van der Waals surface area contributed by atoms with Gasteiger partial charge in [-0.05, 0) is 31.7 Å². The highest BCUT2D eigenvalue weighted by molar-refractivity contribution is 6.39. The number of anilines is 1. The number of para-hydroxylation sites is 1. The summed E-state index contributed by atoms with van der Waals surface area (Å²) in [5, 5.41) is 3.63. The first-order valence-corrected chi connectivity index (χ1v) is 7.73. The summed E-state index contributed by atoms with van der Waals surface area (Å²) in [6.45, 7) is 2.31. The van der Waals surface area contributed by atoms with Gasteiger partial charge in [0.15, 0.2) is 0 Å². The summed E-state index contributed by atoms with van der Waals surface area (Å²) < 4.78 is 0. The maximum Gasteiger partial charge on any atom is 0.238 e. The molecule has 2 aromatic carbocycles. The predicted octanol–water partition coefficient (Wildman–Crippen LogP) is 4.62. The largest absolute Gasteiger partial charge is 0.322 e. The molecule has 0 saturated carbocycles. The second-order valence-electron chi connectivity index (χ2n) is 5.15. The standard InChI is InChI=1S/C17H18Cl2N2O/c1-12(13-7-4-3-5-8-13)21(2)11-16(22)20-17-14(18)9-6-10-15(17)19/h3-10,12H,11H2,1-2H3,(H,20,22)/t12-/m1/s1. The lowest BCUT2D eigenvalue weighted by atomic mass is 10.1. The molecule has 0 aliphatic carbocycles. The average molecular weight is 337 g/mol. The van der Waals surface area contributed by atoms with Gasteiger partial charge in [-0.2, -0.15) is 0 Å². The first kappa shape index (κ1) is 16.8. The van der Waals surface area contributed by atoms with E-state index in [0.717, 1.165) is 5.56 Å². The topological polar surface area (TPSA) is 32.3 Å². The van der Waals surface area contributed by atoms with E-state index in [0.29, 0.717) is 15.7 Å². The molecule has 2 rings (SSSR count). The van der Waals surface area contributed by atoms with E-state index in [9.17, 15) is 4.79 Å². The van der Waals surface area contributed by atoms with Crippen molar-refractivity contribution in [3.8, 4) is 0 Å².